The quantitative estimate of drug-likeness (QED) is 0.392. The predicted molar refractivity (Wildman–Crippen MR) is 143 cm³/mol. The van der Waals surface area contributed by atoms with E-state index in [1.165, 1.54) is 12.1 Å². The van der Waals surface area contributed by atoms with Gasteiger partial charge in [0.1, 0.15) is 5.60 Å². The van der Waals surface area contributed by atoms with Crippen molar-refractivity contribution in [3.63, 3.8) is 0 Å². The molecule has 2 aromatic rings. The maximum absolute atomic E-state index is 13.3. The average Bonchev–Trinajstić information content (AvgIpc) is 3.18. The molecule has 0 spiro atoms. The second-order valence-corrected chi connectivity index (χ2v) is 11.1. The summed E-state index contributed by atoms with van der Waals surface area (Å²) in [5.74, 6) is -0.183. The summed E-state index contributed by atoms with van der Waals surface area (Å²) in [5, 5.41) is 2.67. The van der Waals surface area contributed by atoms with E-state index >= 15 is 0 Å². The lowest BCUT2D eigenvalue weighted by Crippen LogP contribution is -2.42. The third-order valence-electron chi connectivity index (χ3n) is 7.04. The number of aromatic nitrogens is 1. The number of piperidine rings is 1. The fourth-order valence-corrected chi connectivity index (χ4v) is 5.19. The maximum Gasteiger partial charge on any atom is 0.416 e. The van der Waals surface area contributed by atoms with Gasteiger partial charge < -0.3 is 19.5 Å². The monoisotopic (exact) mass is 535 g/mol. The number of benzene rings is 1. The molecule has 0 radical (unpaired) electrons. The van der Waals surface area contributed by atoms with Crippen LogP contribution in [0.15, 0.2) is 30.3 Å². The fraction of sp³-hybridized carbons (Fsp3) is 0.586. The summed E-state index contributed by atoms with van der Waals surface area (Å²) in [5.41, 5.74) is 1.04. The molecule has 1 aromatic carbocycles. The third kappa shape index (κ3) is 7.11. The number of halogens is 3. The molecule has 0 aliphatic carbocycles. The van der Waals surface area contributed by atoms with Crippen molar-refractivity contribution in [2.45, 2.75) is 97.4 Å². The highest BCUT2D eigenvalue weighted by Crippen LogP contribution is 2.36. The van der Waals surface area contributed by atoms with Gasteiger partial charge in [-0.05, 0) is 83.6 Å². The number of anilines is 1. The molecular formula is C29H40F3N3O3. The molecular weight excluding hydrogens is 495 g/mol. The van der Waals surface area contributed by atoms with Crippen molar-refractivity contribution in [3.05, 3.63) is 52.8 Å². The van der Waals surface area contributed by atoms with E-state index in [1.54, 1.807) is 4.90 Å². The minimum Gasteiger partial charge on any atom is -0.444 e. The lowest BCUT2D eigenvalue weighted by Gasteiger charge is -2.36. The Morgan fingerprint density at radius 2 is 1.76 bits per heavy atom. The second-order valence-electron chi connectivity index (χ2n) is 11.1. The number of nitrogens with zero attached hydrogens (tertiary/aromatic N) is 2. The molecule has 1 aliphatic rings. The Hall–Kier alpha value is -2.97. The zero-order chi connectivity index (χ0) is 28.3. The van der Waals surface area contributed by atoms with Gasteiger partial charge in [0, 0.05) is 36.2 Å². The standard InChI is InChI=1S/C29H40F3N3O3/c1-7-10-20(8-2)25-18-24(26(36)33-22-12-9-11-21(17-22)29(30,31)32)19(3)35(25)23-13-15-34(16-14-23)27(37)38-28(4,5)6/h9,11-12,17-18,20,23H,7-8,10,13-16H2,1-6H3,(H,33,36). The summed E-state index contributed by atoms with van der Waals surface area (Å²) in [6.45, 7) is 12.8. The van der Waals surface area contributed by atoms with Gasteiger partial charge in [-0.15, -0.1) is 0 Å². The summed E-state index contributed by atoms with van der Waals surface area (Å²) in [6.07, 6.45) is -0.507. The van der Waals surface area contributed by atoms with E-state index in [-0.39, 0.29) is 23.7 Å². The van der Waals surface area contributed by atoms with Crippen LogP contribution in [0, 0.1) is 6.92 Å². The Balaban J connectivity index is 1.88. The van der Waals surface area contributed by atoms with Crippen LogP contribution in [0.3, 0.4) is 0 Å². The van der Waals surface area contributed by atoms with Gasteiger partial charge in [-0.2, -0.15) is 13.2 Å². The van der Waals surface area contributed by atoms with Crippen molar-refractivity contribution in [3.8, 4) is 0 Å². The van der Waals surface area contributed by atoms with Crippen LogP contribution in [0.4, 0.5) is 23.7 Å². The molecule has 1 fully saturated rings. The number of hydrogen-bond acceptors (Lipinski definition) is 3. The van der Waals surface area contributed by atoms with Crippen LogP contribution in [0.5, 0.6) is 0 Å². The highest BCUT2D eigenvalue weighted by molar-refractivity contribution is 6.05. The first-order valence-electron chi connectivity index (χ1n) is 13.4. The van der Waals surface area contributed by atoms with Crippen LogP contribution in [-0.4, -0.2) is 40.2 Å². The molecule has 1 saturated heterocycles. The first-order valence-corrected chi connectivity index (χ1v) is 13.4. The number of nitrogens with one attached hydrogen (secondary N) is 1. The molecule has 1 N–H and O–H groups in total. The number of carbonyl (C=O) groups is 2. The van der Waals surface area contributed by atoms with Gasteiger partial charge in [0.15, 0.2) is 0 Å². The van der Waals surface area contributed by atoms with Gasteiger partial charge in [0.25, 0.3) is 5.91 Å². The normalized spacial score (nSPS) is 15.9. The van der Waals surface area contributed by atoms with Gasteiger partial charge in [-0.1, -0.05) is 26.3 Å². The molecule has 0 saturated carbocycles. The van der Waals surface area contributed by atoms with Gasteiger partial charge in [-0.3, -0.25) is 4.79 Å². The molecule has 1 unspecified atom stereocenters. The third-order valence-corrected chi connectivity index (χ3v) is 7.04. The van der Waals surface area contributed by atoms with Crippen molar-refractivity contribution in [2.24, 2.45) is 0 Å². The molecule has 2 amide bonds. The summed E-state index contributed by atoms with van der Waals surface area (Å²) in [6, 6.07) is 6.68. The number of hydrogen-bond donors (Lipinski definition) is 1. The van der Waals surface area contributed by atoms with Crippen molar-refractivity contribution in [1.82, 2.24) is 9.47 Å². The SMILES string of the molecule is CCCC(CC)c1cc(C(=O)Nc2cccc(C(F)(F)F)c2)c(C)n1C1CCN(C(=O)OC(C)(C)C)CC1. The van der Waals surface area contributed by atoms with Crippen LogP contribution < -0.4 is 5.32 Å². The van der Waals surface area contributed by atoms with E-state index in [2.05, 4.69) is 23.7 Å². The topological polar surface area (TPSA) is 63.6 Å². The first-order chi connectivity index (χ1) is 17.7. The number of ether oxygens (including phenoxy) is 1. The molecule has 2 heterocycles. The fourth-order valence-electron chi connectivity index (χ4n) is 5.19. The predicted octanol–water partition coefficient (Wildman–Crippen LogP) is 7.93. The van der Waals surface area contributed by atoms with Crippen molar-refractivity contribution in [1.29, 1.82) is 0 Å². The molecule has 6 nitrogen and oxygen atoms in total. The van der Waals surface area contributed by atoms with E-state index in [0.29, 0.717) is 18.7 Å². The lowest BCUT2D eigenvalue weighted by molar-refractivity contribution is -0.137. The van der Waals surface area contributed by atoms with E-state index in [0.717, 1.165) is 55.6 Å². The Morgan fingerprint density at radius 3 is 2.32 bits per heavy atom. The second kappa shape index (κ2) is 11.8. The summed E-state index contributed by atoms with van der Waals surface area (Å²) >= 11 is 0. The number of amides is 2. The van der Waals surface area contributed by atoms with E-state index in [1.807, 2.05) is 33.8 Å². The number of carbonyl (C=O) groups excluding carboxylic acids is 2. The molecule has 1 aliphatic heterocycles. The van der Waals surface area contributed by atoms with Gasteiger partial charge >= 0.3 is 12.3 Å². The molecule has 1 aromatic heterocycles. The smallest absolute Gasteiger partial charge is 0.416 e. The highest BCUT2D eigenvalue weighted by atomic mass is 19.4. The summed E-state index contributed by atoms with van der Waals surface area (Å²) in [7, 11) is 0. The van der Waals surface area contributed by atoms with Crippen LogP contribution >= 0.6 is 0 Å². The molecule has 3 rings (SSSR count). The van der Waals surface area contributed by atoms with Gasteiger partial charge in [-0.25, -0.2) is 4.79 Å². The molecule has 0 bridgehead atoms. The zero-order valence-electron chi connectivity index (χ0n) is 23.2. The van der Waals surface area contributed by atoms with Crippen LogP contribution in [-0.2, 0) is 10.9 Å². The Morgan fingerprint density at radius 1 is 1.11 bits per heavy atom. The Bertz CT molecular complexity index is 1130. The average molecular weight is 536 g/mol. The number of likely N-dealkylation sites (tertiary alicyclic amines) is 1. The first kappa shape index (κ1) is 29.6. The van der Waals surface area contributed by atoms with Crippen LogP contribution in [0.2, 0.25) is 0 Å². The van der Waals surface area contributed by atoms with Crippen molar-refractivity contribution >= 4 is 17.7 Å². The van der Waals surface area contributed by atoms with Gasteiger partial charge in [0.2, 0.25) is 0 Å². The molecule has 1 atom stereocenters. The minimum absolute atomic E-state index is 0.102. The van der Waals surface area contributed by atoms with Crippen LogP contribution in [0.1, 0.15) is 106 Å². The van der Waals surface area contributed by atoms with E-state index < -0.39 is 23.2 Å². The van der Waals surface area contributed by atoms with E-state index in [4.69, 9.17) is 4.74 Å². The van der Waals surface area contributed by atoms with E-state index in [9.17, 15) is 22.8 Å². The highest BCUT2D eigenvalue weighted by Gasteiger charge is 2.32. The van der Waals surface area contributed by atoms with Crippen molar-refractivity contribution in [2.75, 3.05) is 18.4 Å². The Labute approximate surface area is 223 Å². The molecule has 38 heavy (non-hydrogen) atoms. The maximum atomic E-state index is 13.3. The van der Waals surface area contributed by atoms with Gasteiger partial charge in [0.05, 0.1) is 11.1 Å². The summed E-state index contributed by atoms with van der Waals surface area (Å²) < 4.78 is 47.3. The lowest BCUT2D eigenvalue weighted by atomic mass is 9.95. The molecule has 9 heteroatoms. The van der Waals surface area contributed by atoms with Crippen molar-refractivity contribution < 1.29 is 27.5 Å². The number of alkyl halides is 3. The summed E-state index contributed by atoms with van der Waals surface area (Å²) in [4.78, 5) is 27.6. The molecule has 210 valence electrons. The largest absolute Gasteiger partial charge is 0.444 e. The van der Waals surface area contributed by atoms with Crippen LogP contribution in [0.25, 0.3) is 0 Å². The zero-order valence-corrected chi connectivity index (χ0v) is 23.2. The Kier molecular flexibility index (Phi) is 9.21. The minimum atomic E-state index is -4.49. The number of rotatable bonds is 7.